The molecule has 0 atom stereocenters. The minimum Gasteiger partial charge on any atom is -0.350 e. The molecule has 0 spiro atoms. The van der Waals surface area contributed by atoms with Crippen LogP contribution in [0.15, 0.2) is 18.2 Å². The first-order chi connectivity index (χ1) is 9.60. The number of amides is 2. The zero-order chi connectivity index (χ0) is 16.2. The van der Waals surface area contributed by atoms with Gasteiger partial charge in [0.05, 0.1) is 10.6 Å². The van der Waals surface area contributed by atoms with Gasteiger partial charge in [-0.25, -0.2) is 0 Å². The van der Waals surface area contributed by atoms with E-state index in [1.807, 2.05) is 13.8 Å². The van der Waals surface area contributed by atoms with Gasteiger partial charge in [-0.1, -0.05) is 25.4 Å². The summed E-state index contributed by atoms with van der Waals surface area (Å²) in [5.74, 6) is -0.582. The maximum absolute atomic E-state index is 12.1. The van der Waals surface area contributed by atoms with Gasteiger partial charge < -0.3 is 16.4 Å². The highest BCUT2D eigenvalue weighted by molar-refractivity contribution is 6.34. The second-order valence-corrected chi connectivity index (χ2v) is 6.42. The van der Waals surface area contributed by atoms with Gasteiger partial charge in [-0.05, 0) is 32.0 Å². The summed E-state index contributed by atoms with van der Waals surface area (Å²) in [7, 11) is 0. The molecule has 0 aromatic heterocycles. The molecule has 0 heterocycles. The summed E-state index contributed by atoms with van der Waals surface area (Å²) in [6.45, 7) is 7.54. The number of anilines is 1. The Kier molecular flexibility index (Phi) is 7.87. The van der Waals surface area contributed by atoms with Crippen LogP contribution in [0, 0.1) is 5.92 Å². The molecule has 0 aliphatic carbocycles. The quantitative estimate of drug-likeness (QED) is 0.765. The average Bonchev–Trinajstić information content (AvgIpc) is 2.37. The summed E-state index contributed by atoms with van der Waals surface area (Å²) in [5.41, 5.74) is 6.16. The maximum atomic E-state index is 12.1. The van der Waals surface area contributed by atoms with Gasteiger partial charge in [0.1, 0.15) is 0 Å². The van der Waals surface area contributed by atoms with Crippen LogP contribution in [-0.4, -0.2) is 23.9 Å². The third-order valence-electron chi connectivity index (χ3n) is 2.71. The molecule has 7 heteroatoms. The van der Waals surface area contributed by atoms with Crippen LogP contribution in [-0.2, 0) is 4.79 Å². The van der Waals surface area contributed by atoms with Crippen molar-refractivity contribution < 1.29 is 9.59 Å². The lowest BCUT2D eigenvalue weighted by Gasteiger charge is -2.19. The fourth-order valence-electron chi connectivity index (χ4n) is 1.47. The number of carbonyl (C=O) groups excluding carboxylic acids is 2. The minimum atomic E-state index is -0.508. The lowest BCUT2D eigenvalue weighted by molar-refractivity contribution is -0.118. The van der Waals surface area contributed by atoms with Crippen molar-refractivity contribution in [3.63, 3.8) is 0 Å². The second kappa shape index (κ2) is 8.36. The van der Waals surface area contributed by atoms with Crippen molar-refractivity contribution in [3.8, 4) is 0 Å². The van der Waals surface area contributed by atoms with E-state index in [4.69, 9.17) is 17.3 Å². The van der Waals surface area contributed by atoms with E-state index in [2.05, 4.69) is 10.6 Å². The van der Waals surface area contributed by atoms with Crippen molar-refractivity contribution in [3.05, 3.63) is 28.8 Å². The number of nitrogens with two attached hydrogens (primary N) is 1. The van der Waals surface area contributed by atoms with Crippen LogP contribution in [0.25, 0.3) is 0 Å². The predicted octanol–water partition coefficient (Wildman–Crippen LogP) is 2.82. The van der Waals surface area contributed by atoms with Crippen LogP contribution in [0.3, 0.4) is 0 Å². The fraction of sp³-hybridized carbons (Fsp3) is 0.467. The van der Waals surface area contributed by atoms with Gasteiger partial charge in [-0.3, -0.25) is 9.59 Å². The zero-order valence-electron chi connectivity index (χ0n) is 13.2. The maximum Gasteiger partial charge on any atom is 0.252 e. The fourth-order valence-corrected chi connectivity index (χ4v) is 1.67. The molecule has 0 saturated heterocycles. The van der Waals surface area contributed by atoms with E-state index in [0.29, 0.717) is 22.8 Å². The van der Waals surface area contributed by atoms with Crippen molar-refractivity contribution in [2.45, 2.75) is 33.2 Å². The molecule has 1 rings (SSSR count). The molecule has 0 unspecified atom stereocenters. The topological polar surface area (TPSA) is 84.2 Å². The Labute approximate surface area is 142 Å². The standard InChI is InChI=1S/C15H22ClN3O2.ClH/c1-9(2)13(20)19-10-5-6-12(16)11(7-10)14(21)18-8-15(3,4)17;/h5-7,9H,8,17H2,1-4H3,(H,18,21)(H,19,20);1H. The Morgan fingerprint density at radius 2 is 1.91 bits per heavy atom. The monoisotopic (exact) mass is 347 g/mol. The van der Waals surface area contributed by atoms with Gasteiger partial charge in [0.2, 0.25) is 5.91 Å². The van der Waals surface area contributed by atoms with Crippen molar-refractivity contribution in [1.29, 1.82) is 0 Å². The highest BCUT2D eigenvalue weighted by Crippen LogP contribution is 2.21. The summed E-state index contributed by atoms with van der Waals surface area (Å²) in [4.78, 5) is 23.8. The summed E-state index contributed by atoms with van der Waals surface area (Å²) in [5, 5.41) is 5.78. The van der Waals surface area contributed by atoms with Gasteiger partial charge in [-0.2, -0.15) is 0 Å². The van der Waals surface area contributed by atoms with Crippen molar-refractivity contribution >= 4 is 41.5 Å². The summed E-state index contributed by atoms with van der Waals surface area (Å²) >= 11 is 6.04. The van der Waals surface area contributed by atoms with Crippen LogP contribution in [0.5, 0.6) is 0 Å². The molecule has 4 N–H and O–H groups in total. The lowest BCUT2D eigenvalue weighted by atomic mass is 10.1. The van der Waals surface area contributed by atoms with E-state index >= 15 is 0 Å². The van der Waals surface area contributed by atoms with Crippen molar-refractivity contribution in [2.24, 2.45) is 11.7 Å². The van der Waals surface area contributed by atoms with Gasteiger partial charge in [-0.15, -0.1) is 12.4 Å². The molecule has 0 aliphatic rings. The van der Waals surface area contributed by atoms with Crippen molar-refractivity contribution in [1.82, 2.24) is 5.32 Å². The Morgan fingerprint density at radius 1 is 1.32 bits per heavy atom. The van der Waals surface area contributed by atoms with Crippen molar-refractivity contribution in [2.75, 3.05) is 11.9 Å². The molecule has 22 heavy (non-hydrogen) atoms. The molecule has 0 saturated carbocycles. The van der Waals surface area contributed by atoms with Crippen LogP contribution in [0.4, 0.5) is 5.69 Å². The highest BCUT2D eigenvalue weighted by Gasteiger charge is 2.16. The van der Waals surface area contributed by atoms with E-state index in [1.54, 1.807) is 32.0 Å². The van der Waals surface area contributed by atoms with E-state index in [-0.39, 0.29) is 30.1 Å². The number of carbonyl (C=O) groups is 2. The molecule has 1 aromatic carbocycles. The average molecular weight is 348 g/mol. The molecule has 124 valence electrons. The highest BCUT2D eigenvalue weighted by atomic mass is 35.5. The summed E-state index contributed by atoms with van der Waals surface area (Å²) < 4.78 is 0. The first-order valence-corrected chi connectivity index (χ1v) is 7.15. The van der Waals surface area contributed by atoms with Crippen LogP contribution in [0.1, 0.15) is 38.1 Å². The number of hydrogen-bond acceptors (Lipinski definition) is 3. The molecule has 0 bridgehead atoms. The summed E-state index contributed by atoms with van der Waals surface area (Å²) in [6, 6.07) is 4.80. The van der Waals surface area contributed by atoms with Gasteiger partial charge in [0.25, 0.3) is 5.91 Å². The Hall–Kier alpha value is -1.30. The van der Waals surface area contributed by atoms with Gasteiger partial charge in [0.15, 0.2) is 0 Å². The molecular weight excluding hydrogens is 325 g/mol. The van der Waals surface area contributed by atoms with E-state index in [0.717, 1.165) is 0 Å². The smallest absolute Gasteiger partial charge is 0.252 e. The summed E-state index contributed by atoms with van der Waals surface area (Å²) in [6.07, 6.45) is 0. The lowest BCUT2D eigenvalue weighted by Crippen LogP contribution is -2.45. The van der Waals surface area contributed by atoms with Gasteiger partial charge in [0, 0.05) is 23.7 Å². The minimum absolute atomic E-state index is 0. The van der Waals surface area contributed by atoms with E-state index in [1.165, 1.54) is 0 Å². The third kappa shape index (κ3) is 6.64. The molecule has 0 fully saturated rings. The predicted molar refractivity (Wildman–Crippen MR) is 92.8 cm³/mol. The molecule has 5 nitrogen and oxygen atoms in total. The number of hydrogen-bond donors (Lipinski definition) is 3. The first-order valence-electron chi connectivity index (χ1n) is 6.77. The number of rotatable bonds is 5. The van der Waals surface area contributed by atoms with Gasteiger partial charge >= 0.3 is 0 Å². The van der Waals surface area contributed by atoms with Crippen LogP contribution < -0.4 is 16.4 Å². The Balaban J connectivity index is 0.00000441. The molecule has 1 aromatic rings. The normalized spacial score (nSPS) is 10.9. The number of benzene rings is 1. The first kappa shape index (κ1) is 20.7. The second-order valence-electron chi connectivity index (χ2n) is 6.01. The number of halogens is 2. The third-order valence-corrected chi connectivity index (χ3v) is 3.04. The SMILES string of the molecule is CC(C)C(=O)Nc1ccc(Cl)c(C(=O)NCC(C)(C)N)c1.Cl. The van der Waals surface area contributed by atoms with Crippen LogP contribution in [0.2, 0.25) is 5.02 Å². The molecule has 0 aliphatic heterocycles. The largest absolute Gasteiger partial charge is 0.350 e. The molecule has 2 amide bonds. The molecular formula is C15H23Cl2N3O2. The number of nitrogens with one attached hydrogen (secondary N) is 2. The van der Waals surface area contributed by atoms with E-state index in [9.17, 15) is 9.59 Å². The van der Waals surface area contributed by atoms with Crippen LogP contribution >= 0.6 is 24.0 Å². The zero-order valence-corrected chi connectivity index (χ0v) is 14.8. The Morgan fingerprint density at radius 3 is 2.41 bits per heavy atom. The molecule has 0 radical (unpaired) electrons. The van der Waals surface area contributed by atoms with E-state index < -0.39 is 5.54 Å². The Bertz CT molecular complexity index is 540.